The Labute approximate surface area is 357 Å². The third kappa shape index (κ3) is 13.5. The van der Waals surface area contributed by atoms with Crippen molar-refractivity contribution in [2.45, 2.75) is 70.1 Å². The van der Waals surface area contributed by atoms with Gasteiger partial charge in [-0.05, 0) is 94.3 Å². The van der Waals surface area contributed by atoms with E-state index in [-0.39, 0.29) is 11.8 Å². The average molecular weight is 826 g/mol. The summed E-state index contributed by atoms with van der Waals surface area (Å²) < 4.78 is 21.9. The van der Waals surface area contributed by atoms with E-state index < -0.39 is 0 Å². The SMILES string of the molecule is CCOc1ccc(-c2noc(C3CCN(C(=O)CCCc4ccccc4)CC3)n2)cc1OC.O=C=NCCc1ccccc1.c1ccc(-c2noc(C3CCNCC3)n2)cc1. The van der Waals surface area contributed by atoms with Gasteiger partial charge in [-0.3, -0.25) is 4.79 Å². The van der Waals surface area contributed by atoms with Crippen molar-refractivity contribution in [1.82, 2.24) is 30.5 Å². The average Bonchev–Trinajstić information content (AvgIpc) is 4.03. The quantitative estimate of drug-likeness (QED) is 0.0828. The molecule has 0 bridgehead atoms. The van der Waals surface area contributed by atoms with Crippen LogP contribution >= 0.6 is 0 Å². The Morgan fingerprint density at radius 2 is 1.33 bits per heavy atom. The van der Waals surface area contributed by atoms with Gasteiger partial charge in [-0.1, -0.05) is 101 Å². The molecule has 0 radical (unpaired) electrons. The molecule has 1 amide bonds. The molecule has 4 heterocycles. The molecule has 2 fully saturated rings. The van der Waals surface area contributed by atoms with Crippen LogP contribution in [0.5, 0.6) is 11.5 Å². The first-order chi connectivity index (χ1) is 30.0. The van der Waals surface area contributed by atoms with Gasteiger partial charge in [0.2, 0.25) is 35.4 Å². The Bertz CT molecular complexity index is 2230. The first-order valence-corrected chi connectivity index (χ1v) is 21.2. The van der Waals surface area contributed by atoms with E-state index in [2.05, 4.69) is 42.7 Å². The van der Waals surface area contributed by atoms with Crippen molar-refractivity contribution in [2.24, 2.45) is 4.99 Å². The number of benzene rings is 4. The van der Waals surface area contributed by atoms with Gasteiger partial charge >= 0.3 is 0 Å². The molecule has 2 aliphatic rings. The second-order valence-electron chi connectivity index (χ2n) is 14.8. The van der Waals surface area contributed by atoms with E-state index in [1.54, 1.807) is 7.11 Å². The van der Waals surface area contributed by atoms with Gasteiger partial charge in [0.15, 0.2) is 11.5 Å². The fourth-order valence-corrected chi connectivity index (χ4v) is 7.27. The van der Waals surface area contributed by atoms with Crippen molar-refractivity contribution in [1.29, 1.82) is 0 Å². The number of amides is 1. The number of carbonyl (C=O) groups excluding carboxylic acids is 2. The summed E-state index contributed by atoms with van der Waals surface area (Å²) in [4.78, 5) is 36.9. The molecule has 4 aromatic carbocycles. The van der Waals surface area contributed by atoms with Crippen LogP contribution < -0.4 is 14.8 Å². The zero-order valence-corrected chi connectivity index (χ0v) is 35.1. The van der Waals surface area contributed by atoms with Gasteiger partial charge in [-0.25, -0.2) is 9.79 Å². The van der Waals surface area contributed by atoms with Gasteiger partial charge in [0, 0.05) is 42.5 Å². The van der Waals surface area contributed by atoms with E-state index in [0.29, 0.717) is 54.5 Å². The van der Waals surface area contributed by atoms with Gasteiger partial charge in [0.25, 0.3) is 0 Å². The second kappa shape index (κ2) is 24.0. The summed E-state index contributed by atoms with van der Waals surface area (Å²) in [5, 5.41) is 11.6. The monoisotopic (exact) mass is 825 g/mol. The minimum absolute atomic E-state index is 0.171. The van der Waals surface area contributed by atoms with Crippen LogP contribution in [0.15, 0.2) is 123 Å². The zero-order valence-electron chi connectivity index (χ0n) is 35.1. The number of hydrogen-bond donors (Lipinski definition) is 1. The number of aromatic nitrogens is 4. The number of carbonyl (C=O) groups is 1. The first-order valence-electron chi connectivity index (χ1n) is 21.2. The highest BCUT2D eigenvalue weighted by Gasteiger charge is 2.28. The van der Waals surface area contributed by atoms with Crippen LogP contribution in [0.2, 0.25) is 0 Å². The number of rotatable bonds is 14. The molecule has 0 saturated carbocycles. The van der Waals surface area contributed by atoms with Crippen molar-refractivity contribution in [2.75, 3.05) is 46.4 Å². The molecule has 13 nitrogen and oxygen atoms in total. The molecule has 1 N–H and O–H groups in total. The zero-order chi connectivity index (χ0) is 42.5. The predicted molar refractivity (Wildman–Crippen MR) is 233 cm³/mol. The van der Waals surface area contributed by atoms with E-state index in [0.717, 1.165) is 88.1 Å². The van der Waals surface area contributed by atoms with Crippen molar-refractivity contribution in [3.05, 3.63) is 132 Å². The van der Waals surface area contributed by atoms with Gasteiger partial charge in [0.1, 0.15) is 0 Å². The third-order valence-corrected chi connectivity index (χ3v) is 10.6. The van der Waals surface area contributed by atoms with Gasteiger partial charge in [-0.2, -0.15) is 9.97 Å². The molecule has 0 atom stereocenters. The minimum atomic E-state index is 0.171. The molecule has 0 aliphatic carbocycles. The lowest BCUT2D eigenvalue weighted by Gasteiger charge is -2.30. The summed E-state index contributed by atoms with van der Waals surface area (Å²) in [6, 6.07) is 35.8. The highest BCUT2D eigenvalue weighted by atomic mass is 16.5. The van der Waals surface area contributed by atoms with Crippen LogP contribution in [-0.4, -0.2) is 83.6 Å². The lowest BCUT2D eigenvalue weighted by Crippen LogP contribution is -2.37. The molecule has 2 aromatic heterocycles. The van der Waals surface area contributed by atoms with Crippen LogP contribution in [-0.2, 0) is 22.4 Å². The highest BCUT2D eigenvalue weighted by molar-refractivity contribution is 5.76. The molecule has 6 aromatic rings. The number of aliphatic imine (C=N–C) groups is 1. The fourth-order valence-electron chi connectivity index (χ4n) is 7.27. The number of hydrogen-bond acceptors (Lipinski definition) is 12. The summed E-state index contributed by atoms with van der Waals surface area (Å²) in [5.41, 5.74) is 4.31. The molecular formula is C48H55N7O6. The summed E-state index contributed by atoms with van der Waals surface area (Å²) in [6.45, 7) is 6.56. The number of piperidine rings is 2. The van der Waals surface area contributed by atoms with Crippen LogP contribution in [0.25, 0.3) is 22.8 Å². The number of likely N-dealkylation sites (tertiary alicyclic amines) is 1. The van der Waals surface area contributed by atoms with E-state index in [4.69, 9.17) is 18.5 Å². The minimum Gasteiger partial charge on any atom is -0.493 e. The van der Waals surface area contributed by atoms with E-state index in [9.17, 15) is 9.59 Å². The first kappa shape index (κ1) is 44.1. The summed E-state index contributed by atoms with van der Waals surface area (Å²) in [5.74, 6) is 4.79. The number of nitrogens with zero attached hydrogens (tertiary/aromatic N) is 6. The molecule has 13 heteroatoms. The van der Waals surface area contributed by atoms with Crippen LogP contribution in [0, 0.1) is 0 Å². The van der Waals surface area contributed by atoms with E-state index in [1.807, 2.05) is 109 Å². The van der Waals surface area contributed by atoms with Gasteiger partial charge < -0.3 is 28.7 Å². The van der Waals surface area contributed by atoms with Crippen molar-refractivity contribution in [3.8, 4) is 34.3 Å². The maximum absolute atomic E-state index is 12.6. The largest absolute Gasteiger partial charge is 0.493 e. The smallest absolute Gasteiger partial charge is 0.234 e. The maximum atomic E-state index is 12.6. The molecule has 318 valence electrons. The van der Waals surface area contributed by atoms with E-state index >= 15 is 0 Å². The molecule has 61 heavy (non-hydrogen) atoms. The molecule has 0 spiro atoms. The number of isocyanates is 1. The number of nitrogens with one attached hydrogen (secondary N) is 1. The Morgan fingerprint density at radius 3 is 1.92 bits per heavy atom. The van der Waals surface area contributed by atoms with Crippen LogP contribution in [0.1, 0.15) is 80.2 Å². The highest BCUT2D eigenvalue weighted by Crippen LogP contribution is 2.34. The van der Waals surface area contributed by atoms with Crippen molar-refractivity contribution < 1.29 is 28.1 Å². The number of aryl methyl sites for hydroxylation is 1. The fraction of sp³-hybridized carbons (Fsp3) is 0.375. The standard InChI is InChI=1S/C26H31N3O4.C13H15N3O.C9H9NO/c1-3-32-22-13-12-21(18-23(22)31-2)25-27-26(33-28-25)20-14-16-29(17-15-20)24(30)11-7-10-19-8-5-4-6-9-19;1-2-4-10(5-3-1)12-15-13(17-16-12)11-6-8-14-9-7-11;11-8-10-7-6-9-4-2-1-3-5-9/h4-6,8-9,12-13,18,20H,3,7,10-11,14-17H2,1-2H3;1-5,11,14H,6-9H2;1-5H,6-7H2. The molecule has 2 aliphatic heterocycles. The Hall–Kier alpha value is -6.43. The Kier molecular flexibility index (Phi) is 17.3. The van der Waals surface area contributed by atoms with E-state index in [1.165, 1.54) is 17.2 Å². The van der Waals surface area contributed by atoms with Crippen molar-refractivity contribution in [3.63, 3.8) is 0 Å². The topological polar surface area (TPSA) is 158 Å². The summed E-state index contributed by atoms with van der Waals surface area (Å²) in [7, 11) is 1.61. The molecule has 8 rings (SSSR count). The summed E-state index contributed by atoms with van der Waals surface area (Å²) in [6.07, 6.45) is 8.55. The molecule has 0 unspecified atom stereocenters. The normalized spacial score (nSPS) is 14.1. The Morgan fingerprint density at radius 1 is 0.754 bits per heavy atom. The second-order valence-corrected chi connectivity index (χ2v) is 14.8. The maximum Gasteiger partial charge on any atom is 0.234 e. The number of ether oxygens (including phenoxy) is 2. The lowest BCUT2D eigenvalue weighted by atomic mass is 9.96. The predicted octanol–water partition coefficient (Wildman–Crippen LogP) is 8.64. The lowest BCUT2D eigenvalue weighted by molar-refractivity contribution is -0.132. The van der Waals surface area contributed by atoms with Crippen LogP contribution in [0.3, 0.4) is 0 Å². The van der Waals surface area contributed by atoms with Gasteiger partial charge in [-0.15, -0.1) is 0 Å². The molecule has 2 saturated heterocycles. The molecular weight excluding hydrogens is 771 g/mol. The van der Waals surface area contributed by atoms with Crippen LogP contribution in [0.4, 0.5) is 0 Å². The third-order valence-electron chi connectivity index (χ3n) is 10.6. The van der Waals surface area contributed by atoms with Crippen molar-refractivity contribution >= 4 is 12.0 Å². The number of methoxy groups -OCH3 is 1. The summed E-state index contributed by atoms with van der Waals surface area (Å²) >= 11 is 0. The Balaban J connectivity index is 0.000000183. The van der Waals surface area contributed by atoms with Gasteiger partial charge in [0.05, 0.1) is 20.3 Å².